The van der Waals surface area contributed by atoms with E-state index < -0.39 is 0 Å². The second-order valence-electron chi connectivity index (χ2n) is 6.21. The number of ether oxygens (including phenoxy) is 1. The number of fused-ring (bicyclic) bond motifs is 1. The van der Waals surface area contributed by atoms with E-state index in [1.165, 1.54) is 0 Å². The summed E-state index contributed by atoms with van der Waals surface area (Å²) in [6.07, 6.45) is 0. The Kier molecular flexibility index (Phi) is 4.18. The Balaban J connectivity index is 1.85. The van der Waals surface area contributed by atoms with Crippen molar-refractivity contribution >= 4 is 5.91 Å². The van der Waals surface area contributed by atoms with Gasteiger partial charge in [0.15, 0.2) is 0 Å². The third kappa shape index (κ3) is 2.64. The largest absolute Gasteiger partial charge is 0.508 e. The number of phenolic OH excluding ortho intramolecular Hbond substituents is 1. The van der Waals surface area contributed by atoms with Crippen LogP contribution in [-0.2, 0) is 4.74 Å². The van der Waals surface area contributed by atoms with E-state index in [0.29, 0.717) is 18.8 Å². The number of carbonyl (C=O) groups excluding carboxylic acids is 1. The zero-order valence-corrected chi connectivity index (χ0v) is 14.3. The predicted octanol–water partition coefficient (Wildman–Crippen LogP) is 2.97. The molecule has 1 aliphatic rings. The molecule has 0 radical (unpaired) electrons. The highest BCUT2D eigenvalue weighted by atomic mass is 16.5. The number of aromatic amines is 1. The lowest BCUT2D eigenvalue weighted by Gasteiger charge is -2.26. The number of benzene rings is 2. The molecular weight excluding hydrogens is 330 g/mol. The van der Waals surface area contributed by atoms with Gasteiger partial charge in [0, 0.05) is 24.8 Å². The second-order valence-corrected chi connectivity index (χ2v) is 6.21. The number of hydrogen-bond donors (Lipinski definition) is 2. The monoisotopic (exact) mass is 349 g/mol. The fourth-order valence-electron chi connectivity index (χ4n) is 3.44. The van der Waals surface area contributed by atoms with Crippen LogP contribution in [0.3, 0.4) is 0 Å². The maximum atomic E-state index is 12.9. The Morgan fingerprint density at radius 1 is 1.15 bits per heavy atom. The Labute approximate surface area is 151 Å². The maximum absolute atomic E-state index is 12.9. The van der Waals surface area contributed by atoms with Crippen molar-refractivity contribution in [2.24, 2.45) is 0 Å². The van der Waals surface area contributed by atoms with Gasteiger partial charge in [-0.1, -0.05) is 42.5 Å². The van der Waals surface area contributed by atoms with Crippen LogP contribution in [0, 0.1) is 0 Å². The summed E-state index contributed by atoms with van der Waals surface area (Å²) in [5.41, 5.74) is 4.02. The van der Waals surface area contributed by atoms with Gasteiger partial charge in [0.1, 0.15) is 11.4 Å². The van der Waals surface area contributed by atoms with E-state index >= 15 is 0 Å². The molecule has 0 spiro atoms. The lowest BCUT2D eigenvalue weighted by atomic mass is 9.96. The van der Waals surface area contributed by atoms with Gasteiger partial charge in [0.05, 0.1) is 18.3 Å². The topological polar surface area (TPSA) is 78.5 Å². The smallest absolute Gasteiger partial charge is 0.273 e. The molecule has 1 aliphatic heterocycles. The highest BCUT2D eigenvalue weighted by Crippen LogP contribution is 2.42. The van der Waals surface area contributed by atoms with Crippen molar-refractivity contribution in [2.75, 3.05) is 20.3 Å². The zero-order valence-electron chi connectivity index (χ0n) is 14.3. The third-order valence-electron chi connectivity index (χ3n) is 4.66. The van der Waals surface area contributed by atoms with Crippen molar-refractivity contribution < 1.29 is 14.6 Å². The van der Waals surface area contributed by atoms with Gasteiger partial charge in [0.25, 0.3) is 5.91 Å². The van der Waals surface area contributed by atoms with Crippen LogP contribution in [-0.4, -0.2) is 46.4 Å². The molecule has 2 N–H and O–H groups in total. The number of methoxy groups -OCH3 is 1. The summed E-state index contributed by atoms with van der Waals surface area (Å²) >= 11 is 0. The van der Waals surface area contributed by atoms with Gasteiger partial charge in [-0.15, -0.1) is 0 Å². The molecule has 1 aromatic heterocycles. The molecule has 26 heavy (non-hydrogen) atoms. The molecule has 0 aliphatic carbocycles. The molecule has 2 heterocycles. The molecule has 0 saturated heterocycles. The number of aromatic hydroxyl groups is 1. The molecule has 3 aromatic rings. The van der Waals surface area contributed by atoms with Crippen LogP contribution in [0.2, 0.25) is 0 Å². The Morgan fingerprint density at radius 3 is 2.58 bits per heavy atom. The molecule has 0 bridgehead atoms. The number of phenols is 1. The summed E-state index contributed by atoms with van der Waals surface area (Å²) < 4.78 is 5.19. The lowest BCUT2D eigenvalue weighted by molar-refractivity contribution is 0.0677. The first kappa shape index (κ1) is 16.4. The van der Waals surface area contributed by atoms with Gasteiger partial charge in [-0.05, 0) is 17.7 Å². The second kappa shape index (κ2) is 6.65. The number of amides is 1. The molecule has 1 amide bonds. The highest BCUT2D eigenvalue weighted by Gasteiger charge is 2.41. The van der Waals surface area contributed by atoms with Crippen molar-refractivity contribution in [2.45, 2.75) is 6.04 Å². The van der Waals surface area contributed by atoms with Crippen LogP contribution in [0.1, 0.15) is 27.7 Å². The van der Waals surface area contributed by atoms with Crippen molar-refractivity contribution in [1.29, 1.82) is 0 Å². The van der Waals surface area contributed by atoms with Crippen LogP contribution in [0.5, 0.6) is 5.75 Å². The van der Waals surface area contributed by atoms with Gasteiger partial charge in [-0.25, -0.2) is 0 Å². The standard InChI is InChI=1S/C20H19N3O3/c1-26-12-11-23-19(14-7-9-15(24)10-8-14)16-17(13-5-3-2-4-6-13)21-22-18(16)20(23)25/h2-10,19,24H,11-12H2,1H3,(H,21,22)/t19-/m0/s1. The van der Waals surface area contributed by atoms with Gasteiger partial charge >= 0.3 is 0 Å². The van der Waals surface area contributed by atoms with E-state index in [9.17, 15) is 9.90 Å². The Bertz CT molecular complexity index is 919. The van der Waals surface area contributed by atoms with Crippen molar-refractivity contribution in [3.8, 4) is 17.0 Å². The summed E-state index contributed by atoms with van der Waals surface area (Å²) in [5, 5.41) is 17.0. The summed E-state index contributed by atoms with van der Waals surface area (Å²) in [7, 11) is 1.62. The SMILES string of the molecule is COCCN1C(=O)c2[nH]nc(-c3ccccc3)c2[C@@H]1c1ccc(O)cc1. The van der Waals surface area contributed by atoms with Crippen molar-refractivity contribution in [3.05, 3.63) is 71.4 Å². The number of hydrogen-bond acceptors (Lipinski definition) is 4. The van der Waals surface area contributed by atoms with Crippen LogP contribution >= 0.6 is 0 Å². The normalized spacial score (nSPS) is 16.1. The van der Waals surface area contributed by atoms with Crippen LogP contribution in [0.15, 0.2) is 54.6 Å². The molecule has 6 heteroatoms. The number of nitrogens with one attached hydrogen (secondary N) is 1. The fourth-order valence-corrected chi connectivity index (χ4v) is 3.44. The molecule has 1 atom stereocenters. The molecule has 2 aromatic carbocycles. The average Bonchev–Trinajstić information content (AvgIpc) is 3.21. The fraction of sp³-hybridized carbons (Fsp3) is 0.200. The van der Waals surface area contributed by atoms with Crippen molar-refractivity contribution in [1.82, 2.24) is 15.1 Å². The average molecular weight is 349 g/mol. The van der Waals surface area contributed by atoms with E-state index in [2.05, 4.69) is 10.2 Å². The molecule has 6 nitrogen and oxygen atoms in total. The zero-order chi connectivity index (χ0) is 18.1. The third-order valence-corrected chi connectivity index (χ3v) is 4.66. The Morgan fingerprint density at radius 2 is 1.88 bits per heavy atom. The number of aromatic nitrogens is 2. The number of nitrogens with zero attached hydrogens (tertiary/aromatic N) is 2. The maximum Gasteiger partial charge on any atom is 0.273 e. The summed E-state index contributed by atoms with van der Waals surface area (Å²) in [6.45, 7) is 0.913. The first-order chi connectivity index (χ1) is 12.7. The minimum absolute atomic E-state index is 0.0928. The minimum Gasteiger partial charge on any atom is -0.508 e. The number of rotatable bonds is 5. The van der Waals surface area contributed by atoms with E-state index in [1.54, 1.807) is 24.1 Å². The highest BCUT2D eigenvalue weighted by molar-refractivity contribution is 6.00. The first-order valence-electron chi connectivity index (χ1n) is 8.43. The summed E-state index contributed by atoms with van der Waals surface area (Å²) in [5.74, 6) is 0.0991. The Hall–Kier alpha value is -3.12. The van der Waals surface area contributed by atoms with Crippen LogP contribution < -0.4 is 0 Å². The van der Waals surface area contributed by atoms with Gasteiger partial charge in [-0.2, -0.15) is 5.10 Å². The minimum atomic E-state index is -0.276. The van der Waals surface area contributed by atoms with E-state index in [1.807, 2.05) is 42.5 Å². The van der Waals surface area contributed by atoms with Crippen molar-refractivity contribution in [3.63, 3.8) is 0 Å². The quantitative estimate of drug-likeness (QED) is 0.742. The molecule has 132 valence electrons. The summed E-state index contributed by atoms with van der Waals surface area (Å²) in [6, 6.07) is 16.5. The summed E-state index contributed by atoms with van der Waals surface area (Å²) in [4.78, 5) is 14.7. The molecule has 4 rings (SSSR count). The van der Waals surface area contributed by atoms with Gasteiger partial charge in [0.2, 0.25) is 0 Å². The van der Waals surface area contributed by atoms with E-state index in [4.69, 9.17) is 4.74 Å². The predicted molar refractivity (Wildman–Crippen MR) is 96.9 cm³/mol. The van der Waals surface area contributed by atoms with Gasteiger partial charge < -0.3 is 14.7 Å². The molecule has 0 saturated carbocycles. The first-order valence-corrected chi connectivity index (χ1v) is 8.43. The molecular formula is C20H19N3O3. The van der Waals surface area contributed by atoms with Gasteiger partial charge in [-0.3, -0.25) is 9.89 Å². The molecule has 0 fully saturated rings. The van der Waals surface area contributed by atoms with E-state index in [-0.39, 0.29) is 17.7 Å². The molecule has 0 unspecified atom stereocenters. The number of H-pyrrole nitrogens is 1. The van der Waals surface area contributed by atoms with Crippen LogP contribution in [0.25, 0.3) is 11.3 Å². The van der Waals surface area contributed by atoms with Crippen LogP contribution in [0.4, 0.5) is 0 Å². The van der Waals surface area contributed by atoms with E-state index in [0.717, 1.165) is 22.4 Å². The number of carbonyl (C=O) groups is 1. The lowest BCUT2D eigenvalue weighted by Crippen LogP contribution is -2.32.